The molecule has 1 aliphatic rings. The lowest BCUT2D eigenvalue weighted by Crippen LogP contribution is -2.50. The minimum atomic E-state index is -0.106. The third-order valence-corrected chi connectivity index (χ3v) is 4.88. The van der Waals surface area contributed by atoms with Crippen LogP contribution in [-0.4, -0.2) is 60.4 Å². The SMILES string of the molecule is CC.CO/N=C/c1c(N)ncnc1N1CCN(C(=O)Nc2ccc(C(C)C)cc2)CC1. The Morgan fingerprint density at radius 1 is 1.16 bits per heavy atom. The number of carbonyl (C=O) groups excluding carboxylic acids is 1. The highest BCUT2D eigenvalue weighted by atomic mass is 16.6. The van der Waals surface area contributed by atoms with Crippen molar-refractivity contribution in [1.82, 2.24) is 14.9 Å². The number of aromatic nitrogens is 2. The molecule has 3 rings (SSSR count). The molecular formula is C22H33N7O2. The van der Waals surface area contributed by atoms with Crippen molar-refractivity contribution in [3.63, 3.8) is 0 Å². The van der Waals surface area contributed by atoms with Crippen LogP contribution in [0.15, 0.2) is 35.7 Å². The van der Waals surface area contributed by atoms with Gasteiger partial charge in [-0.15, -0.1) is 0 Å². The first-order valence-corrected chi connectivity index (χ1v) is 10.6. The van der Waals surface area contributed by atoms with Gasteiger partial charge in [-0.2, -0.15) is 0 Å². The van der Waals surface area contributed by atoms with E-state index in [9.17, 15) is 4.79 Å². The third kappa shape index (κ3) is 6.31. The summed E-state index contributed by atoms with van der Waals surface area (Å²) in [5.74, 6) is 1.48. The number of nitrogens with one attached hydrogen (secondary N) is 1. The lowest BCUT2D eigenvalue weighted by molar-refractivity contribution is 0.208. The summed E-state index contributed by atoms with van der Waals surface area (Å²) < 4.78 is 0. The zero-order chi connectivity index (χ0) is 22.8. The van der Waals surface area contributed by atoms with Crippen molar-refractivity contribution >= 4 is 29.6 Å². The Hall–Kier alpha value is -3.36. The molecule has 0 spiro atoms. The van der Waals surface area contributed by atoms with Gasteiger partial charge in [0.2, 0.25) is 0 Å². The first-order chi connectivity index (χ1) is 15.0. The van der Waals surface area contributed by atoms with Crippen molar-refractivity contribution in [2.75, 3.05) is 49.2 Å². The van der Waals surface area contributed by atoms with Gasteiger partial charge >= 0.3 is 6.03 Å². The fourth-order valence-corrected chi connectivity index (χ4v) is 3.16. The van der Waals surface area contributed by atoms with E-state index in [-0.39, 0.29) is 6.03 Å². The number of piperazine rings is 1. The number of benzene rings is 1. The number of nitrogens with zero attached hydrogens (tertiary/aromatic N) is 5. The van der Waals surface area contributed by atoms with E-state index in [2.05, 4.69) is 39.2 Å². The number of oxime groups is 1. The van der Waals surface area contributed by atoms with Crippen LogP contribution >= 0.6 is 0 Å². The van der Waals surface area contributed by atoms with E-state index in [1.54, 1.807) is 4.90 Å². The van der Waals surface area contributed by atoms with Crippen molar-refractivity contribution in [1.29, 1.82) is 0 Å². The standard InChI is InChI=1S/C20H27N7O2.C2H6/c1-14(2)15-4-6-16(7-5-15)25-20(28)27-10-8-26(9-11-27)19-17(12-24-29-3)18(21)22-13-23-19;1-2/h4-7,12-14H,8-11H2,1-3H3,(H,25,28)(H2,21,22,23);1-2H3/b24-12+;. The number of hydrogen-bond acceptors (Lipinski definition) is 7. The second-order valence-corrected chi connectivity index (χ2v) is 7.09. The van der Waals surface area contributed by atoms with Crippen LogP contribution in [0.3, 0.4) is 0 Å². The smallest absolute Gasteiger partial charge is 0.321 e. The summed E-state index contributed by atoms with van der Waals surface area (Å²) in [5, 5.41) is 6.75. The Morgan fingerprint density at radius 3 is 2.39 bits per heavy atom. The Bertz CT molecular complexity index is 861. The van der Waals surface area contributed by atoms with Crippen LogP contribution in [0.4, 0.5) is 22.1 Å². The van der Waals surface area contributed by atoms with Crippen molar-refractivity contribution in [3.05, 3.63) is 41.7 Å². The largest absolute Gasteiger partial charge is 0.399 e. The average molecular weight is 428 g/mol. The van der Waals surface area contributed by atoms with Crippen molar-refractivity contribution < 1.29 is 9.63 Å². The third-order valence-electron chi connectivity index (χ3n) is 4.88. The van der Waals surface area contributed by atoms with Crippen LogP contribution in [-0.2, 0) is 4.84 Å². The minimum absolute atomic E-state index is 0.106. The molecule has 0 aliphatic carbocycles. The number of amides is 2. The van der Waals surface area contributed by atoms with E-state index in [0.29, 0.717) is 49.3 Å². The van der Waals surface area contributed by atoms with Gasteiger partial charge in [-0.1, -0.05) is 45.0 Å². The maximum atomic E-state index is 12.6. The fraction of sp³-hybridized carbons (Fsp3) is 0.455. The van der Waals surface area contributed by atoms with Gasteiger partial charge in [-0.25, -0.2) is 14.8 Å². The Morgan fingerprint density at radius 2 is 1.81 bits per heavy atom. The van der Waals surface area contributed by atoms with Gasteiger partial charge in [-0.05, 0) is 23.6 Å². The highest BCUT2D eigenvalue weighted by molar-refractivity contribution is 5.92. The maximum Gasteiger partial charge on any atom is 0.321 e. The van der Waals surface area contributed by atoms with Gasteiger partial charge in [0.05, 0.1) is 11.8 Å². The molecule has 0 atom stereocenters. The zero-order valence-corrected chi connectivity index (χ0v) is 19.0. The van der Waals surface area contributed by atoms with E-state index in [0.717, 1.165) is 5.69 Å². The number of anilines is 3. The predicted octanol–water partition coefficient (Wildman–Crippen LogP) is 3.54. The summed E-state index contributed by atoms with van der Waals surface area (Å²) in [7, 11) is 1.46. The summed E-state index contributed by atoms with van der Waals surface area (Å²) in [6, 6.07) is 7.86. The molecule has 0 saturated carbocycles. The molecule has 9 heteroatoms. The van der Waals surface area contributed by atoms with Gasteiger partial charge < -0.3 is 25.7 Å². The number of hydrogen-bond donors (Lipinski definition) is 2. The molecule has 31 heavy (non-hydrogen) atoms. The normalized spacial score (nSPS) is 13.7. The minimum Gasteiger partial charge on any atom is -0.399 e. The summed E-state index contributed by atoms with van der Waals surface area (Å²) in [6.45, 7) is 10.7. The lowest BCUT2D eigenvalue weighted by Gasteiger charge is -2.35. The quantitative estimate of drug-likeness (QED) is 0.558. The number of rotatable bonds is 5. The second-order valence-electron chi connectivity index (χ2n) is 7.09. The van der Waals surface area contributed by atoms with Gasteiger partial charge in [0.1, 0.15) is 25.1 Å². The number of nitrogens with two attached hydrogens (primary N) is 1. The first kappa shape index (κ1) is 23.9. The molecule has 0 bridgehead atoms. The molecule has 2 aromatic rings. The van der Waals surface area contributed by atoms with E-state index >= 15 is 0 Å². The number of urea groups is 1. The van der Waals surface area contributed by atoms with Crippen LogP contribution in [0.1, 0.15) is 44.7 Å². The van der Waals surface area contributed by atoms with E-state index in [4.69, 9.17) is 10.6 Å². The summed E-state index contributed by atoms with van der Waals surface area (Å²) >= 11 is 0. The van der Waals surface area contributed by atoms with E-state index < -0.39 is 0 Å². The molecule has 0 radical (unpaired) electrons. The summed E-state index contributed by atoms with van der Waals surface area (Å²) in [5.41, 5.74) is 8.61. The molecule has 0 unspecified atom stereocenters. The Kier molecular flexibility index (Phi) is 9.05. The fourth-order valence-electron chi connectivity index (χ4n) is 3.16. The molecule has 1 saturated heterocycles. The Labute approximate surface area is 184 Å². The predicted molar refractivity (Wildman–Crippen MR) is 126 cm³/mol. The zero-order valence-electron chi connectivity index (χ0n) is 19.0. The van der Waals surface area contributed by atoms with Crippen LogP contribution < -0.4 is 16.0 Å². The molecule has 1 aromatic carbocycles. The van der Waals surface area contributed by atoms with E-state index in [1.165, 1.54) is 25.2 Å². The molecule has 1 aromatic heterocycles. The van der Waals surface area contributed by atoms with E-state index in [1.807, 2.05) is 38.1 Å². The molecular weight excluding hydrogens is 394 g/mol. The molecule has 168 valence electrons. The van der Waals surface area contributed by atoms with Crippen molar-refractivity contribution in [2.24, 2.45) is 5.16 Å². The van der Waals surface area contributed by atoms with Crippen LogP contribution in [0.25, 0.3) is 0 Å². The second kappa shape index (κ2) is 11.7. The highest BCUT2D eigenvalue weighted by Gasteiger charge is 2.24. The first-order valence-electron chi connectivity index (χ1n) is 10.6. The van der Waals surface area contributed by atoms with Gasteiger partial charge in [0.25, 0.3) is 0 Å². The molecule has 2 amide bonds. The monoisotopic (exact) mass is 427 g/mol. The van der Waals surface area contributed by atoms with Crippen LogP contribution in [0.5, 0.6) is 0 Å². The van der Waals surface area contributed by atoms with Crippen molar-refractivity contribution in [2.45, 2.75) is 33.6 Å². The number of nitrogen functional groups attached to an aromatic ring is 1. The molecule has 1 aliphatic heterocycles. The topological polar surface area (TPSA) is 109 Å². The molecule has 9 nitrogen and oxygen atoms in total. The molecule has 3 N–H and O–H groups in total. The number of carbonyl (C=O) groups is 1. The summed E-state index contributed by atoms with van der Waals surface area (Å²) in [6.07, 6.45) is 2.93. The van der Waals surface area contributed by atoms with Gasteiger partial charge in [0.15, 0.2) is 0 Å². The highest BCUT2D eigenvalue weighted by Crippen LogP contribution is 2.22. The van der Waals surface area contributed by atoms with Gasteiger partial charge in [-0.3, -0.25) is 0 Å². The average Bonchev–Trinajstić information content (AvgIpc) is 2.80. The lowest BCUT2D eigenvalue weighted by atomic mass is 10.0. The molecule has 2 heterocycles. The maximum absolute atomic E-state index is 12.6. The van der Waals surface area contributed by atoms with Crippen molar-refractivity contribution in [3.8, 4) is 0 Å². The van der Waals surface area contributed by atoms with Gasteiger partial charge in [0, 0.05) is 31.9 Å². The molecule has 1 fully saturated rings. The summed E-state index contributed by atoms with van der Waals surface area (Å²) in [4.78, 5) is 29.6. The van der Waals surface area contributed by atoms with Crippen LogP contribution in [0, 0.1) is 0 Å². The van der Waals surface area contributed by atoms with Crippen LogP contribution in [0.2, 0.25) is 0 Å². The Balaban J connectivity index is 0.00000166.